The van der Waals surface area contributed by atoms with E-state index in [1.54, 1.807) is 0 Å². The van der Waals surface area contributed by atoms with Crippen LogP contribution in [0.1, 0.15) is 37.3 Å². The number of rotatable bonds is 6. The normalized spacial score (nSPS) is 20.2. The third kappa shape index (κ3) is 3.05. The number of hydrogen-bond acceptors (Lipinski definition) is 6. The van der Waals surface area contributed by atoms with E-state index in [4.69, 9.17) is 4.74 Å². The van der Waals surface area contributed by atoms with E-state index in [9.17, 15) is 0 Å². The molecule has 8 nitrogen and oxygen atoms in total. The minimum absolute atomic E-state index is 0.245. The highest BCUT2D eigenvalue weighted by atomic mass is 16.5. The largest absolute Gasteiger partial charge is 0.376 e. The Balaban J connectivity index is 1.38. The predicted octanol–water partition coefficient (Wildman–Crippen LogP) is 2.66. The SMILES string of the molecule is c1cc2c(Nc3cc(C4CC4)n[nH]3)nc(NC[C@H]3CCCO3)nn2c1. The molecular formula is C17H21N7O. The lowest BCUT2D eigenvalue weighted by Crippen LogP contribution is -2.20. The zero-order chi connectivity index (χ0) is 16.6. The van der Waals surface area contributed by atoms with Gasteiger partial charge in [-0.1, -0.05) is 0 Å². The summed E-state index contributed by atoms with van der Waals surface area (Å²) < 4.78 is 7.48. The van der Waals surface area contributed by atoms with Crippen molar-refractivity contribution in [2.24, 2.45) is 0 Å². The van der Waals surface area contributed by atoms with Crippen LogP contribution in [0.5, 0.6) is 0 Å². The highest BCUT2D eigenvalue weighted by molar-refractivity contribution is 5.73. The topological polar surface area (TPSA) is 92.2 Å². The molecule has 5 rings (SSSR count). The number of ether oxygens (including phenoxy) is 1. The first-order valence-corrected chi connectivity index (χ1v) is 8.88. The number of aromatic nitrogens is 5. The summed E-state index contributed by atoms with van der Waals surface area (Å²) in [6, 6.07) is 6.02. The number of H-pyrrole nitrogens is 1. The van der Waals surface area contributed by atoms with Gasteiger partial charge in [0.15, 0.2) is 5.82 Å². The molecule has 2 aliphatic rings. The minimum Gasteiger partial charge on any atom is -0.376 e. The quantitative estimate of drug-likeness (QED) is 0.639. The molecule has 1 saturated heterocycles. The first-order chi connectivity index (χ1) is 12.3. The van der Waals surface area contributed by atoms with E-state index in [0.717, 1.165) is 48.8 Å². The predicted molar refractivity (Wildman–Crippen MR) is 94.3 cm³/mol. The van der Waals surface area contributed by atoms with E-state index >= 15 is 0 Å². The summed E-state index contributed by atoms with van der Waals surface area (Å²) in [6.45, 7) is 1.57. The van der Waals surface area contributed by atoms with Gasteiger partial charge in [-0.3, -0.25) is 5.10 Å². The molecule has 25 heavy (non-hydrogen) atoms. The lowest BCUT2D eigenvalue weighted by Gasteiger charge is -2.12. The van der Waals surface area contributed by atoms with Crippen LogP contribution in [-0.2, 0) is 4.74 Å². The number of nitrogens with one attached hydrogen (secondary N) is 3. The highest BCUT2D eigenvalue weighted by Gasteiger charge is 2.26. The molecule has 3 aromatic heterocycles. The first-order valence-electron chi connectivity index (χ1n) is 8.88. The molecule has 2 fully saturated rings. The Hall–Kier alpha value is -2.61. The molecule has 0 bridgehead atoms. The van der Waals surface area contributed by atoms with Crippen molar-refractivity contribution in [3.8, 4) is 0 Å². The van der Waals surface area contributed by atoms with E-state index in [-0.39, 0.29) is 6.10 Å². The Morgan fingerprint density at radius 1 is 1.32 bits per heavy atom. The molecule has 1 saturated carbocycles. The monoisotopic (exact) mass is 339 g/mol. The molecule has 0 unspecified atom stereocenters. The summed E-state index contributed by atoms with van der Waals surface area (Å²) in [5, 5.41) is 18.6. The van der Waals surface area contributed by atoms with Crippen molar-refractivity contribution in [3.63, 3.8) is 0 Å². The number of anilines is 3. The van der Waals surface area contributed by atoms with E-state index in [1.165, 1.54) is 12.8 Å². The van der Waals surface area contributed by atoms with Crippen molar-refractivity contribution in [3.05, 3.63) is 30.1 Å². The summed E-state index contributed by atoms with van der Waals surface area (Å²) in [5.74, 6) is 2.81. The molecule has 3 aromatic rings. The fourth-order valence-electron chi connectivity index (χ4n) is 3.23. The molecule has 4 heterocycles. The Morgan fingerprint density at radius 2 is 2.28 bits per heavy atom. The summed E-state index contributed by atoms with van der Waals surface area (Å²) in [7, 11) is 0. The van der Waals surface area contributed by atoms with Crippen LogP contribution in [0.3, 0.4) is 0 Å². The van der Waals surface area contributed by atoms with Gasteiger partial charge in [0.05, 0.1) is 11.8 Å². The number of fused-ring (bicyclic) bond motifs is 1. The second-order valence-corrected chi connectivity index (χ2v) is 6.74. The van der Waals surface area contributed by atoms with Gasteiger partial charge in [-0.15, -0.1) is 5.10 Å². The van der Waals surface area contributed by atoms with Gasteiger partial charge < -0.3 is 15.4 Å². The average molecular weight is 339 g/mol. The maximum atomic E-state index is 5.65. The fraction of sp³-hybridized carbons (Fsp3) is 0.471. The molecule has 1 aliphatic heterocycles. The van der Waals surface area contributed by atoms with Gasteiger partial charge in [0, 0.05) is 31.3 Å². The van der Waals surface area contributed by atoms with E-state index in [1.807, 2.05) is 22.8 Å². The molecular weight excluding hydrogens is 318 g/mol. The van der Waals surface area contributed by atoms with Gasteiger partial charge in [0.25, 0.3) is 0 Å². The van der Waals surface area contributed by atoms with Crippen molar-refractivity contribution in [2.45, 2.75) is 37.7 Å². The zero-order valence-electron chi connectivity index (χ0n) is 13.9. The van der Waals surface area contributed by atoms with Gasteiger partial charge in [0.2, 0.25) is 5.95 Å². The van der Waals surface area contributed by atoms with Crippen LogP contribution in [0, 0.1) is 0 Å². The minimum atomic E-state index is 0.245. The Kier molecular flexibility index (Phi) is 3.55. The van der Waals surface area contributed by atoms with Crippen molar-refractivity contribution in [2.75, 3.05) is 23.8 Å². The lowest BCUT2D eigenvalue weighted by molar-refractivity contribution is 0.120. The van der Waals surface area contributed by atoms with Gasteiger partial charge in [-0.25, -0.2) is 4.52 Å². The number of nitrogens with zero attached hydrogens (tertiary/aromatic N) is 4. The van der Waals surface area contributed by atoms with Crippen LogP contribution in [0.15, 0.2) is 24.4 Å². The van der Waals surface area contributed by atoms with Gasteiger partial charge in [0.1, 0.15) is 11.3 Å². The summed E-state index contributed by atoms with van der Waals surface area (Å²) >= 11 is 0. The Labute approximate surface area is 145 Å². The standard InChI is InChI=1S/C17H21N7O/c1-4-14-16(19-15-9-13(21-22-15)11-5-6-11)20-17(23-24(14)7-1)18-10-12-3-2-8-25-12/h1,4,7,9,11-12H,2-3,5-6,8,10H2,(H3,18,19,20,21,22,23)/t12-/m1/s1. The van der Waals surface area contributed by atoms with Crippen LogP contribution >= 0.6 is 0 Å². The average Bonchev–Trinajstić information content (AvgIpc) is 3.06. The molecule has 8 heteroatoms. The fourth-order valence-corrected chi connectivity index (χ4v) is 3.23. The van der Waals surface area contributed by atoms with Crippen molar-refractivity contribution in [1.82, 2.24) is 24.8 Å². The summed E-state index contributed by atoms with van der Waals surface area (Å²) in [5.41, 5.74) is 2.05. The second kappa shape index (κ2) is 6.03. The van der Waals surface area contributed by atoms with E-state index in [2.05, 4.69) is 37.0 Å². The Morgan fingerprint density at radius 3 is 3.12 bits per heavy atom. The molecule has 130 valence electrons. The number of aromatic amines is 1. The van der Waals surface area contributed by atoms with E-state index < -0.39 is 0 Å². The molecule has 0 amide bonds. The van der Waals surface area contributed by atoms with Crippen molar-refractivity contribution in [1.29, 1.82) is 0 Å². The molecule has 1 aliphatic carbocycles. The van der Waals surface area contributed by atoms with Gasteiger partial charge in [-0.05, 0) is 37.8 Å². The van der Waals surface area contributed by atoms with Crippen LogP contribution in [-0.4, -0.2) is 44.1 Å². The smallest absolute Gasteiger partial charge is 0.243 e. The van der Waals surface area contributed by atoms with Gasteiger partial charge in [-0.2, -0.15) is 10.1 Å². The third-order valence-corrected chi connectivity index (χ3v) is 4.75. The molecule has 0 aromatic carbocycles. The van der Waals surface area contributed by atoms with Crippen LogP contribution < -0.4 is 10.6 Å². The van der Waals surface area contributed by atoms with Gasteiger partial charge >= 0.3 is 0 Å². The number of hydrogen-bond donors (Lipinski definition) is 3. The molecule has 1 atom stereocenters. The maximum Gasteiger partial charge on any atom is 0.243 e. The maximum absolute atomic E-state index is 5.65. The van der Waals surface area contributed by atoms with E-state index in [0.29, 0.717) is 11.9 Å². The second-order valence-electron chi connectivity index (χ2n) is 6.74. The summed E-state index contributed by atoms with van der Waals surface area (Å²) in [6.07, 6.45) is 6.84. The highest BCUT2D eigenvalue weighted by Crippen LogP contribution is 2.39. The Bertz CT molecular complexity index is 876. The molecule has 3 N–H and O–H groups in total. The first kappa shape index (κ1) is 14.7. The lowest BCUT2D eigenvalue weighted by atomic mass is 10.2. The molecule has 0 spiro atoms. The van der Waals surface area contributed by atoms with Crippen molar-refractivity contribution < 1.29 is 4.74 Å². The van der Waals surface area contributed by atoms with Crippen LogP contribution in [0.25, 0.3) is 5.52 Å². The zero-order valence-corrected chi connectivity index (χ0v) is 13.9. The third-order valence-electron chi connectivity index (χ3n) is 4.75. The molecule has 0 radical (unpaired) electrons. The van der Waals surface area contributed by atoms with Crippen LogP contribution in [0.4, 0.5) is 17.6 Å². The van der Waals surface area contributed by atoms with Crippen LogP contribution in [0.2, 0.25) is 0 Å². The summed E-state index contributed by atoms with van der Waals surface area (Å²) in [4.78, 5) is 4.64. The van der Waals surface area contributed by atoms with Crippen molar-refractivity contribution >= 4 is 23.1 Å².